The van der Waals surface area contributed by atoms with E-state index < -0.39 is 22.0 Å². The Morgan fingerprint density at radius 3 is 2.67 bits per heavy atom. The molecule has 9 heteroatoms. The van der Waals surface area contributed by atoms with Crippen LogP contribution in [0.15, 0.2) is 41.4 Å². The number of carbonyl (C=O) groups is 2. The van der Waals surface area contributed by atoms with E-state index in [1.165, 1.54) is 21.1 Å². The Morgan fingerprint density at radius 2 is 1.97 bits per heavy atom. The average molecular weight is 434 g/mol. The van der Waals surface area contributed by atoms with Crippen molar-refractivity contribution < 1.29 is 22.7 Å². The Hall–Kier alpha value is -2.65. The molecule has 1 atom stereocenters. The SMILES string of the molecule is CCOC(=O)c1cc(S(=O)(=O)N2CCC[C@@H]2C(=O)Nc2ccccc2CC)cn1C. The van der Waals surface area contributed by atoms with Crippen molar-refractivity contribution in [3.8, 4) is 0 Å². The number of nitrogens with one attached hydrogen (secondary N) is 1. The molecule has 0 bridgehead atoms. The highest BCUT2D eigenvalue weighted by Gasteiger charge is 2.40. The zero-order chi connectivity index (χ0) is 21.9. The van der Waals surface area contributed by atoms with Crippen molar-refractivity contribution in [3.05, 3.63) is 47.8 Å². The molecular formula is C21H27N3O5S. The van der Waals surface area contributed by atoms with Crippen LogP contribution in [0.1, 0.15) is 42.7 Å². The number of amides is 1. The van der Waals surface area contributed by atoms with Crippen LogP contribution in [0.2, 0.25) is 0 Å². The molecule has 1 fully saturated rings. The summed E-state index contributed by atoms with van der Waals surface area (Å²) in [5.74, 6) is -0.938. The average Bonchev–Trinajstić information content (AvgIpc) is 3.36. The number of esters is 1. The second-order valence-corrected chi connectivity index (χ2v) is 9.06. The van der Waals surface area contributed by atoms with Gasteiger partial charge in [0.25, 0.3) is 0 Å². The van der Waals surface area contributed by atoms with E-state index in [4.69, 9.17) is 4.74 Å². The molecule has 30 heavy (non-hydrogen) atoms. The third kappa shape index (κ3) is 4.27. The minimum atomic E-state index is -3.95. The number of hydrogen-bond acceptors (Lipinski definition) is 5. The molecule has 8 nitrogen and oxygen atoms in total. The Labute approximate surface area is 176 Å². The van der Waals surface area contributed by atoms with Crippen molar-refractivity contribution in [3.63, 3.8) is 0 Å². The fourth-order valence-electron chi connectivity index (χ4n) is 3.68. The lowest BCUT2D eigenvalue weighted by Crippen LogP contribution is -2.43. The molecule has 0 saturated carbocycles. The number of nitrogens with zero attached hydrogens (tertiary/aromatic N) is 2. The van der Waals surface area contributed by atoms with Crippen molar-refractivity contribution in [2.24, 2.45) is 7.05 Å². The van der Waals surface area contributed by atoms with Crippen LogP contribution in [-0.4, -0.2) is 48.4 Å². The van der Waals surface area contributed by atoms with E-state index in [2.05, 4.69) is 5.32 Å². The van der Waals surface area contributed by atoms with E-state index in [1.54, 1.807) is 14.0 Å². The third-order valence-corrected chi connectivity index (χ3v) is 7.11. The van der Waals surface area contributed by atoms with Gasteiger partial charge in [-0.25, -0.2) is 13.2 Å². The van der Waals surface area contributed by atoms with E-state index in [9.17, 15) is 18.0 Å². The molecule has 1 aliphatic rings. The van der Waals surface area contributed by atoms with Gasteiger partial charge in [0.2, 0.25) is 15.9 Å². The van der Waals surface area contributed by atoms with Crippen LogP contribution in [0.4, 0.5) is 5.69 Å². The summed E-state index contributed by atoms with van der Waals surface area (Å²) in [6, 6.07) is 7.97. The number of anilines is 1. The largest absolute Gasteiger partial charge is 0.461 e. The molecule has 0 aliphatic carbocycles. The molecule has 1 aromatic carbocycles. The van der Waals surface area contributed by atoms with Gasteiger partial charge < -0.3 is 14.6 Å². The summed E-state index contributed by atoms with van der Waals surface area (Å²) >= 11 is 0. The number of aromatic nitrogens is 1. The number of rotatable bonds is 7. The van der Waals surface area contributed by atoms with Crippen molar-refractivity contribution in [1.82, 2.24) is 8.87 Å². The number of sulfonamides is 1. The van der Waals surface area contributed by atoms with Gasteiger partial charge >= 0.3 is 5.97 Å². The van der Waals surface area contributed by atoms with E-state index in [1.807, 2.05) is 31.2 Å². The zero-order valence-corrected chi connectivity index (χ0v) is 18.2. The zero-order valence-electron chi connectivity index (χ0n) is 17.4. The van der Waals surface area contributed by atoms with E-state index in [0.717, 1.165) is 12.0 Å². The fourth-order valence-corrected chi connectivity index (χ4v) is 5.40. The van der Waals surface area contributed by atoms with Crippen LogP contribution in [0.5, 0.6) is 0 Å². The van der Waals surface area contributed by atoms with Gasteiger partial charge in [-0.3, -0.25) is 4.79 Å². The van der Waals surface area contributed by atoms with E-state index in [-0.39, 0.29) is 29.6 Å². The molecule has 0 unspecified atom stereocenters. The molecule has 1 amide bonds. The highest BCUT2D eigenvalue weighted by molar-refractivity contribution is 7.89. The molecule has 1 aliphatic heterocycles. The maximum atomic E-state index is 13.3. The number of benzene rings is 1. The maximum absolute atomic E-state index is 13.3. The van der Waals surface area contributed by atoms with E-state index in [0.29, 0.717) is 18.5 Å². The molecule has 1 N–H and O–H groups in total. The molecule has 1 saturated heterocycles. The van der Waals surface area contributed by atoms with Gasteiger partial charge in [0.1, 0.15) is 16.6 Å². The van der Waals surface area contributed by atoms with Gasteiger partial charge in [-0.15, -0.1) is 0 Å². The summed E-state index contributed by atoms with van der Waals surface area (Å²) in [4.78, 5) is 25.0. The highest BCUT2D eigenvalue weighted by Crippen LogP contribution is 2.28. The highest BCUT2D eigenvalue weighted by atomic mass is 32.2. The van der Waals surface area contributed by atoms with Crippen LogP contribution in [0.25, 0.3) is 0 Å². The standard InChI is InChI=1S/C21H27N3O5S/c1-4-15-9-6-7-10-17(15)22-20(25)18-11-8-12-24(18)30(27,28)16-13-19(23(3)14-16)21(26)29-5-2/h6-7,9-10,13-14,18H,4-5,8,11-12H2,1-3H3,(H,22,25)/t18-/m1/s1. The summed E-state index contributed by atoms with van der Waals surface area (Å²) in [6.45, 7) is 4.12. The molecule has 0 spiro atoms. The molecular weight excluding hydrogens is 406 g/mol. The number of para-hydroxylation sites is 1. The topological polar surface area (TPSA) is 97.7 Å². The first-order valence-corrected chi connectivity index (χ1v) is 11.5. The van der Waals surface area contributed by atoms with Crippen LogP contribution in [0.3, 0.4) is 0 Å². The first-order chi connectivity index (χ1) is 14.3. The summed E-state index contributed by atoms with van der Waals surface area (Å²) in [5.41, 5.74) is 1.83. The number of aryl methyl sites for hydroxylation is 2. The molecule has 2 aromatic rings. The van der Waals surface area contributed by atoms with Gasteiger partial charge in [-0.2, -0.15) is 4.31 Å². The minimum absolute atomic E-state index is 0.0262. The number of carbonyl (C=O) groups excluding carboxylic acids is 2. The lowest BCUT2D eigenvalue weighted by Gasteiger charge is -2.23. The molecule has 162 valence electrons. The van der Waals surface area contributed by atoms with Crippen LogP contribution in [0, 0.1) is 0 Å². The second kappa shape index (κ2) is 9.01. The third-order valence-electron chi connectivity index (χ3n) is 5.23. The van der Waals surface area contributed by atoms with Crippen molar-refractivity contribution in [2.45, 2.75) is 44.0 Å². The van der Waals surface area contributed by atoms with Gasteiger partial charge in [0.15, 0.2) is 0 Å². The fraction of sp³-hybridized carbons (Fsp3) is 0.429. The van der Waals surface area contributed by atoms with Gasteiger partial charge in [0.05, 0.1) is 6.61 Å². The van der Waals surface area contributed by atoms with E-state index >= 15 is 0 Å². The van der Waals surface area contributed by atoms with Crippen molar-refractivity contribution in [2.75, 3.05) is 18.5 Å². The predicted molar refractivity (Wildman–Crippen MR) is 113 cm³/mol. The summed E-state index contributed by atoms with van der Waals surface area (Å²) in [5, 5.41) is 2.88. The number of ether oxygens (including phenoxy) is 1. The number of hydrogen-bond donors (Lipinski definition) is 1. The lowest BCUT2D eigenvalue weighted by atomic mass is 10.1. The Morgan fingerprint density at radius 1 is 1.23 bits per heavy atom. The second-order valence-electron chi connectivity index (χ2n) is 7.17. The van der Waals surface area contributed by atoms with Crippen LogP contribution in [-0.2, 0) is 33.0 Å². The first-order valence-electron chi connectivity index (χ1n) is 10.0. The molecule has 2 heterocycles. The van der Waals surface area contributed by atoms with Crippen LogP contribution < -0.4 is 5.32 Å². The Bertz CT molecular complexity index is 1040. The van der Waals surface area contributed by atoms with Crippen LogP contribution >= 0.6 is 0 Å². The first kappa shape index (κ1) is 22.0. The lowest BCUT2D eigenvalue weighted by molar-refractivity contribution is -0.119. The van der Waals surface area contributed by atoms with Gasteiger partial charge in [-0.1, -0.05) is 25.1 Å². The minimum Gasteiger partial charge on any atom is -0.461 e. The molecule has 1 aromatic heterocycles. The van der Waals surface area contributed by atoms with Gasteiger partial charge in [-0.05, 0) is 43.9 Å². The quantitative estimate of drug-likeness (QED) is 0.677. The summed E-state index contributed by atoms with van der Waals surface area (Å²) < 4.78 is 34.1. The Balaban J connectivity index is 1.84. The van der Waals surface area contributed by atoms with Gasteiger partial charge in [0, 0.05) is 25.5 Å². The van der Waals surface area contributed by atoms with Crippen molar-refractivity contribution >= 4 is 27.6 Å². The van der Waals surface area contributed by atoms with Crippen molar-refractivity contribution in [1.29, 1.82) is 0 Å². The Kier molecular flexibility index (Phi) is 6.62. The summed E-state index contributed by atoms with van der Waals surface area (Å²) in [7, 11) is -2.36. The normalized spacial score (nSPS) is 17.1. The summed E-state index contributed by atoms with van der Waals surface area (Å²) in [6.07, 6.45) is 3.16. The maximum Gasteiger partial charge on any atom is 0.354 e. The predicted octanol–water partition coefficient (Wildman–Crippen LogP) is 2.56. The molecule has 3 rings (SSSR count). The molecule has 0 radical (unpaired) electrons. The monoisotopic (exact) mass is 433 g/mol. The smallest absolute Gasteiger partial charge is 0.354 e.